The number of hydrogen-bond donors (Lipinski definition) is 2. The molecule has 6 nitrogen and oxygen atoms in total. The largest absolute Gasteiger partial charge is 0.501 e. The van der Waals surface area contributed by atoms with Crippen molar-refractivity contribution in [3.8, 4) is 5.75 Å². The molecule has 0 aliphatic rings. The van der Waals surface area contributed by atoms with Gasteiger partial charge in [-0.15, -0.1) is 0 Å². The molecule has 0 fully saturated rings. The Balaban J connectivity index is 3.38. The Kier molecular flexibility index (Phi) is 3.10. The summed E-state index contributed by atoms with van der Waals surface area (Å²) in [5.41, 5.74) is -1.21. The Labute approximate surface area is 82.0 Å². The van der Waals surface area contributed by atoms with Gasteiger partial charge in [0.25, 0.3) is 0 Å². The summed E-state index contributed by atoms with van der Waals surface area (Å²) in [5, 5.41) is 28.2. The zero-order valence-electron chi connectivity index (χ0n) is 7.22. The van der Waals surface area contributed by atoms with E-state index in [0.717, 1.165) is 0 Å². The molecule has 15 heavy (non-hydrogen) atoms. The van der Waals surface area contributed by atoms with Gasteiger partial charge in [-0.05, 0) is 9.91 Å². The van der Waals surface area contributed by atoms with E-state index in [1.807, 2.05) is 0 Å². The molecule has 0 saturated carbocycles. The Morgan fingerprint density at radius 1 is 1.60 bits per heavy atom. The van der Waals surface area contributed by atoms with Crippen LogP contribution in [0.5, 0.6) is 5.75 Å². The average Bonchev–Trinajstić information content (AvgIpc) is 2.17. The summed E-state index contributed by atoms with van der Waals surface area (Å²) in [4.78, 5) is 12.2. The number of nitro groups is 1. The van der Waals surface area contributed by atoms with Gasteiger partial charge in [0, 0.05) is 11.6 Å². The van der Waals surface area contributed by atoms with Crippen LogP contribution >= 0.6 is 0 Å². The van der Waals surface area contributed by atoms with Crippen molar-refractivity contribution in [2.24, 2.45) is 0 Å². The van der Waals surface area contributed by atoms with Gasteiger partial charge in [0.15, 0.2) is 0 Å². The van der Waals surface area contributed by atoms with Gasteiger partial charge in [-0.25, -0.2) is 8.78 Å². The number of pyridine rings is 1. The molecule has 8 heteroatoms. The minimum absolute atomic E-state index is 0.355. The summed E-state index contributed by atoms with van der Waals surface area (Å²) in [6.45, 7) is -0.783. The van der Waals surface area contributed by atoms with Crippen molar-refractivity contribution in [2.45, 2.75) is 13.0 Å². The summed E-state index contributed by atoms with van der Waals surface area (Å²) in [6.07, 6.45) is -3.01. The smallest absolute Gasteiger partial charge is 0.406 e. The number of rotatable bonds is 3. The predicted molar refractivity (Wildman–Crippen MR) is 43.4 cm³/mol. The molecule has 0 aliphatic carbocycles. The summed E-state index contributed by atoms with van der Waals surface area (Å²) in [5.74, 6) is -1.98. The van der Waals surface area contributed by atoms with Gasteiger partial charge in [-0.1, -0.05) is 0 Å². The van der Waals surface area contributed by atoms with E-state index in [9.17, 15) is 18.9 Å². The fraction of sp³-hybridized carbons (Fsp3) is 0.286. The Hall–Kier alpha value is -1.83. The fourth-order valence-electron chi connectivity index (χ4n) is 0.958. The normalized spacial score (nSPS) is 10.7. The lowest BCUT2D eigenvalue weighted by atomic mass is 10.2. The Morgan fingerprint density at radius 3 is 2.60 bits per heavy atom. The number of hydrogen-bond acceptors (Lipinski definition) is 5. The maximum absolute atomic E-state index is 12.2. The van der Waals surface area contributed by atoms with Crippen LogP contribution in [-0.2, 0) is 6.61 Å². The van der Waals surface area contributed by atoms with Crippen LogP contribution in [0.15, 0.2) is 6.07 Å². The molecule has 1 rings (SSSR count). The maximum Gasteiger partial charge on any atom is 0.406 e. The topological polar surface area (TPSA) is 96.5 Å². The zero-order chi connectivity index (χ0) is 11.6. The molecule has 0 aliphatic heterocycles. The maximum atomic E-state index is 12.2. The molecule has 0 amide bonds. The number of aromatic hydroxyl groups is 1. The van der Waals surface area contributed by atoms with E-state index >= 15 is 0 Å². The molecule has 0 spiro atoms. The highest BCUT2D eigenvalue weighted by atomic mass is 19.3. The van der Waals surface area contributed by atoms with E-state index in [2.05, 4.69) is 4.98 Å². The number of aliphatic hydroxyl groups is 1. The summed E-state index contributed by atoms with van der Waals surface area (Å²) in [7, 11) is 0. The van der Waals surface area contributed by atoms with Crippen LogP contribution in [0.25, 0.3) is 0 Å². The molecule has 82 valence electrons. The molecule has 0 atom stereocenters. The van der Waals surface area contributed by atoms with Gasteiger partial charge in [0.05, 0.1) is 6.61 Å². The Bertz CT molecular complexity index is 397. The van der Waals surface area contributed by atoms with Crippen molar-refractivity contribution >= 4 is 5.82 Å². The number of aromatic nitrogens is 1. The second-order valence-electron chi connectivity index (χ2n) is 2.59. The number of nitrogens with zero attached hydrogens (tertiary/aromatic N) is 2. The molecule has 1 heterocycles. The molecule has 0 saturated heterocycles. The average molecular weight is 220 g/mol. The molecule has 0 unspecified atom stereocenters. The van der Waals surface area contributed by atoms with E-state index in [-0.39, 0.29) is 5.56 Å². The minimum atomic E-state index is -3.01. The molecule has 0 aromatic carbocycles. The van der Waals surface area contributed by atoms with Crippen molar-refractivity contribution in [1.82, 2.24) is 4.98 Å². The summed E-state index contributed by atoms with van der Waals surface area (Å²) < 4.78 is 24.4. The first-order chi connectivity index (χ1) is 6.97. The van der Waals surface area contributed by atoms with E-state index in [1.54, 1.807) is 0 Å². The lowest BCUT2D eigenvalue weighted by Crippen LogP contribution is -2.01. The van der Waals surface area contributed by atoms with Gasteiger partial charge >= 0.3 is 12.2 Å². The minimum Gasteiger partial charge on any atom is -0.501 e. The first kappa shape index (κ1) is 11.2. The predicted octanol–water partition coefficient (Wildman–Crippen LogP) is 1.13. The van der Waals surface area contributed by atoms with Crippen LogP contribution in [0.2, 0.25) is 0 Å². The van der Waals surface area contributed by atoms with E-state index in [0.29, 0.717) is 6.07 Å². The molecular weight excluding hydrogens is 214 g/mol. The molecule has 0 radical (unpaired) electrons. The van der Waals surface area contributed by atoms with Crippen LogP contribution in [0.3, 0.4) is 0 Å². The second kappa shape index (κ2) is 4.13. The molecule has 0 bridgehead atoms. The van der Waals surface area contributed by atoms with Crippen LogP contribution < -0.4 is 0 Å². The SMILES string of the molecule is O=[N+]([O-])c1nc(C(F)F)cc(CO)c1O. The molecular formula is C7H6F2N2O4. The summed E-state index contributed by atoms with van der Waals surface area (Å²) >= 11 is 0. The third-order valence-electron chi connectivity index (χ3n) is 1.64. The van der Waals surface area contributed by atoms with E-state index in [1.165, 1.54) is 0 Å². The third kappa shape index (κ3) is 2.15. The van der Waals surface area contributed by atoms with Crippen LogP contribution in [0.4, 0.5) is 14.6 Å². The van der Waals surface area contributed by atoms with Crippen molar-refractivity contribution < 1.29 is 23.9 Å². The monoisotopic (exact) mass is 220 g/mol. The van der Waals surface area contributed by atoms with Gasteiger partial charge in [0.2, 0.25) is 11.4 Å². The quantitative estimate of drug-likeness (QED) is 0.587. The van der Waals surface area contributed by atoms with Gasteiger partial charge in [-0.2, -0.15) is 0 Å². The standard InChI is InChI=1S/C7H6F2N2O4/c8-6(9)4-1-3(2-12)5(13)7(10-4)11(14)15/h1,6,12-13H,2H2. The number of aliphatic hydroxyl groups excluding tert-OH is 1. The second-order valence-corrected chi connectivity index (χ2v) is 2.59. The first-order valence-corrected chi connectivity index (χ1v) is 3.73. The fourth-order valence-corrected chi connectivity index (χ4v) is 0.958. The van der Waals surface area contributed by atoms with E-state index < -0.39 is 35.2 Å². The number of alkyl halides is 2. The van der Waals surface area contributed by atoms with Crippen LogP contribution in [0.1, 0.15) is 17.7 Å². The van der Waals surface area contributed by atoms with Crippen molar-refractivity contribution in [3.63, 3.8) is 0 Å². The van der Waals surface area contributed by atoms with Crippen molar-refractivity contribution in [3.05, 3.63) is 27.4 Å². The zero-order valence-corrected chi connectivity index (χ0v) is 7.22. The van der Waals surface area contributed by atoms with Crippen LogP contribution in [-0.4, -0.2) is 20.1 Å². The molecule has 1 aromatic rings. The highest BCUT2D eigenvalue weighted by Crippen LogP contribution is 2.31. The highest BCUT2D eigenvalue weighted by Gasteiger charge is 2.25. The Morgan fingerprint density at radius 2 is 2.20 bits per heavy atom. The number of halogens is 2. The highest BCUT2D eigenvalue weighted by molar-refractivity contribution is 5.46. The van der Waals surface area contributed by atoms with Crippen molar-refractivity contribution in [1.29, 1.82) is 0 Å². The summed E-state index contributed by atoms with van der Waals surface area (Å²) in [6, 6.07) is 0.715. The third-order valence-corrected chi connectivity index (χ3v) is 1.64. The lowest BCUT2D eigenvalue weighted by molar-refractivity contribution is -0.390. The lowest BCUT2D eigenvalue weighted by Gasteiger charge is -2.03. The van der Waals surface area contributed by atoms with Crippen LogP contribution in [0, 0.1) is 10.1 Å². The molecule has 1 aromatic heterocycles. The van der Waals surface area contributed by atoms with E-state index in [4.69, 9.17) is 10.2 Å². The van der Waals surface area contributed by atoms with Crippen molar-refractivity contribution in [2.75, 3.05) is 0 Å². The van der Waals surface area contributed by atoms with Gasteiger partial charge in [0.1, 0.15) is 0 Å². The molecule has 2 N–H and O–H groups in total. The van der Waals surface area contributed by atoms with Gasteiger partial charge < -0.3 is 20.3 Å². The first-order valence-electron chi connectivity index (χ1n) is 3.73. The van der Waals surface area contributed by atoms with Gasteiger partial charge in [-0.3, -0.25) is 0 Å².